The van der Waals surface area contributed by atoms with Gasteiger partial charge in [0.05, 0.1) is 12.4 Å². The number of carbonyl (C=O) groups excluding carboxylic acids is 1. The van der Waals surface area contributed by atoms with Gasteiger partial charge < -0.3 is 9.15 Å². The molecule has 1 aromatic heterocycles. The van der Waals surface area contributed by atoms with Crippen LogP contribution in [0.4, 0.5) is 6.01 Å². The van der Waals surface area contributed by atoms with Crippen molar-refractivity contribution >= 4 is 22.0 Å². The predicted octanol–water partition coefficient (Wildman–Crippen LogP) is 1.39. The van der Waals surface area contributed by atoms with Gasteiger partial charge in [-0.1, -0.05) is 13.3 Å². The molecule has 7 nitrogen and oxygen atoms in total. The Bertz CT molecular complexity index is 494. The van der Waals surface area contributed by atoms with Crippen LogP contribution in [0.1, 0.15) is 37.2 Å². The third-order valence-electron chi connectivity index (χ3n) is 2.00. The van der Waals surface area contributed by atoms with E-state index >= 15 is 0 Å². The second kappa shape index (κ2) is 6.39. The van der Waals surface area contributed by atoms with Crippen molar-refractivity contribution in [1.29, 1.82) is 0 Å². The molecular weight excluding hydrogens is 260 g/mol. The van der Waals surface area contributed by atoms with Gasteiger partial charge in [0.2, 0.25) is 10.0 Å². The quantitative estimate of drug-likeness (QED) is 0.756. The molecule has 0 radical (unpaired) electrons. The van der Waals surface area contributed by atoms with Crippen LogP contribution in [0.15, 0.2) is 10.7 Å². The number of ether oxygens (including phenoxy) is 1. The van der Waals surface area contributed by atoms with E-state index in [1.807, 2.05) is 6.92 Å². The summed E-state index contributed by atoms with van der Waals surface area (Å²) in [7, 11) is -3.48. The molecule has 18 heavy (non-hydrogen) atoms. The molecule has 0 atom stereocenters. The summed E-state index contributed by atoms with van der Waals surface area (Å²) in [6.07, 6.45) is 2.36. The first-order chi connectivity index (χ1) is 8.48. The molecule has 0 aromatic carbocycles. The van der Waals surface area contributed by atoms with E-state index < -0.39 is 16.0 Å². The van der Waals surface area contributed by atoms with E-state index in [4.69, 9.17) is 9.15 Å². The number of aromatic nitrogens is 1. The number of hydrogen-bond acceptors (Lipinski definition) is 6. The van der Waals surface area contributed by atoms with Gasteiger partial charge in [-0.05, 0) is 13.3 Å². The molecule has 1 aromatic rings. The number of oxazole rings is 1. The number of anilines is 1. The zero-order chi connectivity index (χ0) is 13.6. The number of rotatable bonds is 7. The Morgan fingerprint density at radius 1 is 1.50 bits per heavy atom. The van der Waals surface area contributed by atoms with Gasteiger partial charge in [0.25, 0.3) is 0 Å². The van der Waals surface area contributed by atoms with Gasteiger partial charge in [-0.3, -0.25) is 0 Å². The van der Waals surface area contributed by atoms with E-state index in [0.29, 0.717) is 6.42 Å². The summed E-state index contributed by atoms with van der Waals surface area (Å²) >= 11 is 0. The fourth-order valence-electron chi connectivity index (χ4n) is 1.14. The molecule has 102 valence electrons. The minimum Gasteiger partial charge on any atom is -0.461 e. The van der Waals surface area contributed by atoms with Crippen LogP contribution in [-0.4, -0.2) is 31.7 Å². The zero-order valence-electron chi connectivity index (χ0n) is 10.3. The largest absolute Gasteiger partial charge is 0.461 e. The molecule has 0 bridgehead atoms. The monoisotopic (exact) mass is 276 g/mol. The third-order valence-corrected chi connectivity index (χ3v) is 3.31. The van der Waals surface area contributed by atoms with Crippen molar-refractivity contribution in [2.24, 2.45) is 0 Å². The van der Waals surface area contributed by atoms with E-state index in [9.17, 15) is 13.2 Å². The van der Waals surface area contributed by atoms with Crippen molar-refractivity contribution in [1.82, 2.24) is 4.98 Å². The van der Waals surface area contributed by atoms with Crippen LogP contribution in [0.2, 0.25) is 0 Å². The molecular formula is C10H16N2O5S. The molecule has 0 saturated carbocycles. The van der Waals surface area contributed by atoms with Gasteiger partial charge in [0.15, 0.2) is 5.69 Å². The van der Waals surface area contributed by atoms with Crippen LogP contribution >= 0.6 is 0 Å². The average molecular weight is 276 g/mol. The molecule has 0 saturated heterocycles. The second-order valence-electron chi connectivity index (χ2n) is 3.53. The first-order valence-corrected chi connectivity index (χ1v) is 7.27. The van der Waals surface area contributed by atoms with Crippen LogP contribution in [0, 0.1) is 0 Å². The highest BCUT2D eigenvalue weighted by Crippen LogP contribution is 2.11. The number of carbonyl (C=O) groups is 1. The maximum Gasteiger partial charge on any atom is 0.360 e. The van der Waals surface area contributed by atoms with Crippen molar-refractivity contribution in [3.8, 4) is 0 Å². The SMILES string of the molecule is CCCCS(=O)(=O)Nc1nc(C(=O)OCC)co1. The lowest BCUT2D eigenvalue weighted by Gasteiger charge is -2.02. The summed E-state index contributed by atoms with van der Waals surface area (Å²) < 4.78 is 34.8. The Morgan fingerprint density at radius 2 is 2.22 bits per heavy atom. The Balaban J connectivity index is 2.66. The number of nitrogens with zero attached hydrogens (tertiary/aromatic N) is 1. The summed E-state index contributed by atoms with van der Waals surface area (Å²) in [6.45, 7) is 3.76. The van der Waals surface area contributed by atoms with Crippen LogP contribution < -0.4 is 4.72 Å². The van der Waals surface area contributed by atoms with Crippen LogP contribution in [0.3, 0.4) is 0 Å². The lowest BCUT2D eigenvalue weighted by Crippen LogP contribution is -2.17. The Kier molecular flexibility index (Phi) is 5.14. The van der Waals surface area contributed by atoms with Crippen molar-refractivity contribution < 1.29 is 22.4 Å². The van der Waals surface area contributed by atoms with E-state index in [1.54, 1.807) is 6.92 Å². The second-order valence-corrected chi connectivity index (χ2v) is 5.37. The smallest absolute Gasteiger partial charge is 0.360 e. The number of esters is 1. The van der Waals surface area contributed by atoms with E-state index in [2.05, 4.69) is 9.71 Å². The van der Waals surface area contributed by atoms with E-state index in [0.717, 1.165) is 12.7 Å². The summed E-state index contributed by atoms with van der Waals surface area (Å²) in [6, 6.07) is -0.228. The molecule has 0 unspecified atom stereocenters. The van der Waals surface area contributed by atoms with Crippen molar-refractivity contribution in [3.63, 3.8) is 0 Å². The third kappa shape index (κ3) is 4.36. The molecule has 1 N–H and O–H groups in total. The number of hydrogen-bond donors (Lipinski definition) is 1. The van der Waals surface area contributed by atoms with E-state index in [1.165, 1.54) is 0 Å². The Hall–Kier alpha value is -1.57. The highest BCUT2D eigenvalue weighted by atomic mass is 32.2. The Labute approximate surface area is 106 Å². The van der Waals surface area contributed by atoms with Crippen LogP contribution in [0.25, 0.3) is 0 Å². The molecule has 0 amide bonds. The summed E-state index contributed by atoms with van der Waals surface area (Å²) in [5, 5.41) is 0. The highest BCUT2D eigenvalue weighted by Gasteiger charge is 2.17. The Morgan fingerprint density at radius 3 is 2.83 bits per heavy atom. The van der Waals surface area contributed by atoms with Gasteiger partial charge >= 0.3 is 12.0 Å². The van der Waals surface area contributed by atoms with Gasteiger partial charge in [0.1, 0.15) is 6.26 Å². The average Bonchev–Trinajstić information content (AvgIpc) is 2.74. The fourth-order valence-corrected chi connectivity index (χ4v) is 2.27. The first kappa shape index (κ1) is 14.5. The molecule has 8 heteroatoms. The summed E-state index contributed by atoms with van der Waals surface area (Å²) in [4.78, 5) is 15.0. The molecule has 1 heterocycles. The zero-order valence-corrected chi connectivity index (χ0v) is 11.1. The number of nitrogens with one attached hydrogen (secondary N) is 1. The lowest BCUT2D eigenvalue weighted by molar-refractivity contribution is 0.0519. The number of unbranched alkanes of at least 4 members (excludes halogenated alkanes) is 1. The van der Waals surface area contributed by atoms with Crippen molar-refractivity contribution in [3.05, 3.63) is 12.0 Å². The first-order valence-electron chi connectivity index (χ1n) is 5.61. The molecule has 0 spiro atoms. The molecule has 0 aliphatic heterocycles. The normalized spacial score (nSPS) is 11.2. The summed E-state index contributed by atoms with van der Waals surface area (Å²) in [5.74, 6) is -0.666. The fraction of sp³-hybridized carbons (Fsp3) is 0.600. The maximum atomic E-state index is 11.5. The van der Waals surface area contributed by atoms with Crippen molar-refractivity contribution in [2.45, 2.75) is 26.7 Å². The van der Waals surface area contributed by atoms with Gasteiger partial charge in [-0.15, -0.1) is 0 Å². The summed E-state index contributed by atoms with van der Waals surface area (Å²) in [5.41, 5.74) is -0.0648. The van der Waals surface area contributed by atoms with Crippen molar-refractivity contribution in [2.75, 3.05) is 17.1 Å². The van der Waals surface area contributed by atoms with Crippen LogP contribution in [-0.2, 0) is 14.8 Å². The van der Waals surface area contributed by atoms with Crippen LogP contribution in [0.5, 0.6) is 0 Å². The minimum atomic E-state index is -3.48. The maximum absolute atomic E-state index is 11.5. The highest BCUT2D eigenvalue weighted by molar-refractivity contribution is 7.92. The van der Waals surface area contributed by atoms with Gasteiger partial charge in [-0.25, -0.2) is 17.9 Å². The molecule has 0 aliphatic rings. The van der Waals surface area contributed by atoms with E-state index in [-0.39, 0.29) is 24.1 Å². The molecule has 1 rings (SSSR count). The lowest BCUT2D eigenvalue weighted by atomic mass is 10.4. The predicted molar refractivity (Wildman–Crippen MR) is 64.8 cm³/mol. The molecule has 0 fully saturated rings. The molecule has 0 aliphatic carbocycles. The standard InChI is InChI=1S/C10H16N2O5S/c1-3-5-6-18(14,15)12-10-11-8(7-17-10)9(13)16-4-2/h7H,3-6H2,1-2H3,(H,11,12). The topological polar surface area (TPSA) is 98.5 Å². The number of sulfonamides is 1. The van der Waals surface area contributed by atoms with Gasteiger partial charge in [-0.2, -0.15) is 4.98 Å². The minimum absolute atomic E-state index is 0.0133. The van der Waals surface area contributed by atoms with Gasteiger partial charge in [0, 0.05) is 0 Å².